The van der Waals surface area contributed by atoms with E-state index in [1.165, 1.54) is 5.56 Å². The van der Waals surface area contributed by atoms with E-state index in [4.69, 9.17) is 14.2 Å². The summed E-state index contributed by atoms with van der Waals surface area (Å²) >= 11 is 0. The van der Waals surface area contributed by atoms with Gasteiger partial charge in [0.15, 0.2) is 0 Å². The molecule has 25 heavy (non-hydrogen) atoms. The van der Waals surface area contributed by atoms with Crippen molar-refractivity contribution >= 4 is 5.91 Å². The summed E-state index contributed by atoms with van der Waals surface area (Å²) in [6, 6.07) is 15.2. The second-order valence-electron chi connectivity index (χ2n) is 5.64. The van der Waals surface area contributed by atoms with Crippen LogP contribution in [0.1, 0.15) is 18.4 Å². The van der Waals surface area contributed by atoms with Gasteiger partial charge in [0.05, 0.1) is 26.7 Å². The third-order valence-electron chi connectivity index (χ3n) is 3.56. The zero-order chi connectivity index (χ0) is 17.9. The first-order valence-corrected chi connectivity index (χ1v) is 8.40. The van der Waals surface area contributed by atoms with Crippen LogP contribution < -0.4 is 19.5 Å². The van der Waals surface area contributed by atoms with Crippen LogP contribution in [0, 0.1) is 6.92 Å². The third-order valence-corrected chi connectivity index (χ3v) is 3.56. The summed E-state index contributed by atoms with van der Waals surface area (Å²) in [7, 11) is 1.62. The lowest BCUT2D eigenvalue weighted by molar-refractivity contribution is -0.121. The van der Waals surface area contributed by atoms with Gasteiger partial charge in [0.25, 0.3) is 0 Å². The lowest BCUT2D eigenvalue weighted by atomic mass is 10.2. The first-order chi connectivity index (χ1) is 12.2. The van der Waals surface area contributed by atoms with Gasteiger partial charge in [-0.2, -0.15) is 0 Å². The molecule has 0 radical (unpaired) electrons. The van der Waals surface area contributed by atoms with Gasteiger partial charge in [-0.15, -0.1) is 0 Å². The Labute approximate surface area is 148 Å². The number of hydrogen-bond acceptors (Lipinski definition) is 4. The van der Waals surface area contributed by atoms with Crippen molar-refractivity contribution in [1.29, 1.82) is 0 Å². The van der Waals surface area contributed by atoms with E-state index >= 15 is 0 Å². The van der Waals surface area contributed by atoms with Crippen molar-refractivity contribution < 1.29 is 19.0 Å². The monoisotopic (exact) mass is 343 g/mol. The van der Waals surface area contributed by atoms with Crippen LogP contribution >= 0.6 is 0 Å². The third kappa shape index (κ3) is 7.16. The van der Waals surface area contributed by atoms with Crippen LogP contribution in [0.5, 0.6) is 17.2 Å². The lowest BCUT2D eigenvalue weighted by Gasteiger charge is -2.09. The van der Waals surface area contributed by atoms with E-state index in [1.807, 2.05) is 55.5 Å². The highest BCUT2D eigenvalue weighted by atomic mass is 16.5. The molecule has 0 aliphatic carbocycles. The maximum Gasteiger partial charge on any atom is 0.223 e. The van der Waals surface area contributed by atoms with E-state index in [9.17, 15) is 4.79 Å². The van der Waals surface area contributed by atoms with Crippen molar-refractivity contribution in [3.05, 3.63) is 54.1 Å². The van der Waals surface area contributed by atoms with Gasteiger partial charge in [-0.3, -0.25) is 4.79 Å². The molecule has 2 rings (SSSR count). The standard InChI is InChI=1S/C20H25NO4/c1-16-5-3-6-19(15-16)24-13-4-12-21-20(22)11-14-25-18-9-7-17(23-2)8-10-18/h3,5-10,15H,4,11-14H2,1-2H3,(H,21,22). The molecular formula is C20H25NO4. The number of aryl methyl sites for hydroxylation is 1. The van der Waals surface area contributed by atoms with Gasteiger partial charge in [-0.25, -0.2) is 0 Å². The molecule has 0 aliphatic heterocycles. The summed E-state index contributed by atoms with van der Waals surface area (Å²) in [6.07, 6.45) is 1.09. The Kier molecular flexibility index (Phi) is 7.63. The molecule has 5 heteroatoms. The summed E-state index contributed by atoms with van der Waals surface area (Å²) in [4.78, 5) is 11.8. The molecule has 2 aromatic carbocycles. The number of nitrogens with one attached hydrogen (secondary N) is 1. The molecule has 0 saturated carbocycles. The molecule has 0 atom stereocenters. The highest BCUT2D eigenvalue weighted by molar-refractivity contribution is 5.75. The predicted molar refractivity (Wildman–Crippen MR) is 97.4 cm³/mol. The number of benzene rings is 2. The number of rotatable bonds is 10. The summed E-state index contributed by atoms with van der Waals surface area (Å²) < 4.78 is 16.3. The van der Waals surface area contributed by atoms with E-state index in [0.29, 0.717) is 26.2 Å². The molecule has 0 unspecified atom stereocenters. The molecule has 1 amide bonds. The molecule has 0 aliphatic rings. The molecule has 0 bridgehead atoms. The van der Waals surface area contributed by atoms with Crippen molar-refractivity contribution in [2.24, 2.45) is 0 Å². The largest absolute Gasteiger partial charge is 0.497 e. The van der Waals surface area contributed by atoms with Crippen LogP contribution in [0.3, 0.4) is 0 Å². The van der Waals surface area contributed by atoms with Crippen molar-refractivity contribution in [2.45, 2.75) is 19.8 Å². The first-order valence-electron chi connectivity index (χ1n) is 8.40. The second-order valence-corrected chi connectivity index (χ2v) is 5.64. The Balaban J connectivity index is 1.53. The highest BCUT2D eigenvalue weighted by Crippen LogP contribution is 2.17. The minimum Gasteiger partial charge on any atom is -0.497 e. The summed E-state index contributed by atoms with van der Waals surface area (Å²) in [5, 5.41) is 2.87. The fourth-order valence-corrected chi connectivity index (χ4v) is 2.22. The van der Waals surface area contributed by atoms with E-state index in [1.54, 1.807) is 7.11 Å². The van der Waals surface area contributed by atoms with E-state index in [-0.39, 0.29) is 5.91 Å². The number of carbonyl (C=O) groups excluding carboxylic acids is 1. The summed E-state index contributed by atoms with van der Waals surface area (Å²) in [5.74, 6) is 2.33. The molecular weight excluding hydrogens is 318 g/mol. The fraction of sp³-hybridized carbons (Fsp3) is 0.350. The minimum absolute atomic E-state index is 0.0240. The van der Waals surface area contributed by atoms with Crippen LogP contribution in [-0.2, 0) is 4.79 Å². The minimum atomic E-state index is -0.0240. The van der Waals surface area contributed by atoms with Crippen molar-refractivity contribution in [1.82, 2.24) is 5.32 Å². The van der Waals surface area contributed by atoms with Crippen molar-refractivity contribution in [3.63, 3.8) is 0 Å². The Morgan fingerprint density at radius 3 is 2.40 bits per heavy atom. The van der Waals surface area contributed by atoms with Crippen LogP contribution in [0.2, 0.25) is 0 Å². The van der Waals surface area contributed by atoms with Crippen LogP contribution in [-0.4, -0.2) is 32.8 Å². The maximum atomic E-state index is 11.8. The van der Waals surface area contributed by atoms with Gasteiger partial charge in [-0.05, 0) is 55.3 Å². The summed E-state index contributed by atoms with van der Waals surface area (Å²) in [5.41, 5.74) is 1.17. The molecule has 0 saturated heterocycles. The second kappa shape index (κ2) is 10.2. The zero-order valence-corrected chi connectivity index (χ0v) is 14.8. The predicted octanol–water partition coefficient (Wildman–Crippen LogP) is 3.36. The lowest BCUT2D eigenvalue weighted by Crippen LogP contribution is -2.26. The van der Waals surface area contributed by atoms with Gasteiger partial charge < -0.3 is 19.5 Å². The number of ether oxygens (including phenoxy) is 3. The molecule has 0 aromatic heterocycles. The highest BCUT2D eigenvalue weighted by Gasteiger charge is 2.02. The average Bonchev–Trinajstić information content (AvgIpc) is 2.62. The Bertz CT molecular complexity index is 655. The van der Waals surface area contributed by atoms with Crippen LogP contribution in [0.15, 0.2) is 48.5 Å². The zero-order valence-electron chi connectivity index (χ0n) is 14.8. The van der Waals surface area contributed by atoms with Crippen molar-refractivity contribution in [3.8, 4) is 17.2 Å². The Morgan fingerprint density at radius 2 is 1.68 bits per heavy atom. The topological polar surface area (TPSA) is 56.8 Å². The van der Waals surface area contributed by atoms with E-state index in [2.05, 4.69) is 5.32 Å². The van der Waals surface area contributed by atoms with Crippen LogP contribution in [0.4, 0.5) is 0 Å². The Morgan fingerprint density at radius 1 is 0.960 bits per heavy atom. The van der Waals surface area contributed by atoms with Crippen LogP contribution in [0.25, 0.3) is 0 Å². The quantitative estimate of drug-likeness (QED) is 0.672. The fourth-order valence-electron chi connectivity index (χ4n) is 2.22. The van der Waals surface area contributed by atoms with Gasteiger partial charge in [-0.1, -0.05) is 12.1 Å². The molecule has 2 aromatic rings. The number of amides is 1. The normalized spacial score (nSPS) is 10.2. The number of hydrogen-bond donors (Lipinski definition) is 1. The molecule has 0 spiro atoms. The van der Waals surface area contributed by atoms with E-state index < -0.39 is 0 Å². The maximum absolute atomic E-state index is 11.8. The van der Waals surface area contributed by atoms with Gasteiger partial charge in [0, 0.05) is 6.54 Å². The molecule has 0 heterocycles. The van der Waals surface area contributed by atoms with Gasteiger partial charge in [0.1, 0.15) is 17.2 Å². The molecule has 134 valence electrons. The van der Waals surface area contributed by atoms with Gasteiger partial charge >= 0.3 is 0 Å². The number of methoxy groups -OCH3 is 1. The first kappa shape index (κ1) is 18.6. The van der Waals surface area contributed by atoms with Gasteiger partial charge in [0.2, 0.25) is 5.91 Å². The molecule has 0 fully saturated rings. The van der Waals surface area contributed by atoms with E-state index in [0.717, 1.165) is 23.7 Å². The Hall–Kier alpha value is -2.69. The number of carbonyl (C=O) groups is 1. The molecule has 5 nitrogen and oxygen atoms in total. The average molecular weight is 343 g/mol. The molecule has 1 N–H and O–H groups in total. The smallest absolute Gasteiger partial charge is 0.223 e. The SMILES string of the molecule is COc1ccc(OCCC(=O)NCCCOc2cccc(C)c2)cc1. The summed E-state index contributed by atoms with van der Waals surface area (Å²) in [6.45, 7) is 3.54. The van der Waals surface area contributed by atoms with Crippen molar-refractivity contribution in [2.75, 3.05) is 26.9 Å².